The topological polar surface area (TPSA) is 87.3 Å². The Kier molecular flexibility index (Phi) is 4.83. The van der Waals surface area contributed by atoms with Gasteiger partial charge in [0, 0.05) is 17.8 Å². The minimum absolute atomic E-state index is 0.0407. The van der Waals surface area contributed by atoms with Crippen LogP contribution < -0.4 is 16.0 Å². The summed E-state index contributed by atoms with van der Waals surface area (Å²) in [4.78, 5) is 36.2. The number of fused-ring (bicyclic) bond motifs is 1. The van der Waals surface area contributed by atoms with E-state index in [0.717, 1.165) is 16.7 Å². The minimum Gasteiger partial charge on any atom is -0.348 e. The molecule has 3 amide bonds. The lowest BCUT2D eigenvalue weighted by atomic mass is 9.95. The number of Topliss-reactive ketones (excluding diaryl/α,β-unsaturated/α-hetero) is 1. The van der Waals surface area contributed by atoms with Gasteiger partial charge in [0.2, 0.25) is 0 Å². The molecule has 0 aromatic heterocycles. The molecule has 1 aliphatic rings. The van der Waals surface area contributed by atoms with E-state index in [-0.39, 0.29) is 11.7 Å². The predicted molar refractivity (Wildman–Crippen MR) is 112 cm³/mol. The van der Waals surface area contributed by atoms with Crippen LogP contribution in [0.3, 0.4) is 0 Å². The molecule has 0 radical (unpaired) electrons. The Morgan fingerprint density at radius 1 is 0.897 bits per heavy atom. The molecule has 0 bridgehead atoms. The van der Waals surface area contributed by atoms with Crippen molar-refractivity contribution in [1.29, 1.82) is 0 Å². The predicted octanol–water partition coefficient (Wildman–Crippen LogP) is 4.44. The summed E-state index contributed by atoms with van der Waals surface area (Å²) in [6, 6.07) is 19.6. The first-order valence-electron chi connectivity index (χ1n) is 9.21. The molecule has 144 valence electrons. The second-order valence-corrected chi connectivity index (χ2v) is 6.78. The van der Waals surface area contributed by atoms with Crippen LogP contribution in [0.5, 0.6) is 0 Å². The van der Waals surface area contributed by atoms with Crippen LogP contribution in [-0.4, -0.2) is 17.7 Å². The maximum atomic E-state index is 12.4. The zero-order valence-corrected chi connectivity index (χ0v) is 15.8. The van der Waals surface area contributed by atoms with Crippen molar-refractivity contribution in [3.63, 3.8) is 0 Å². The first-order chi connectivity index (χ1) is 14.0. The first kappa shape index (κ1) is 18.4. The van der Waals surface area contributed by atoms with Gasteiger partial charge in [0.25, 0.3) is 5.91 Å². The van der Waals surface area contributed by atoms with E-state index in [4.69, 9.17) is 0 Å². The second-order valence-electron chi connectivity index (χ2n) is 6.78. The van der Waals surface area contributed by atoms with E-state index < -0.39 is 6.03 Å². The zero-order valence-electron chi connectivity index (χ0n) is 15.8. The molecule has 6 heteroatoms. The molecule has 3 aromatic carbocycles. The van der Waals surface area contributed by atoms with Crippen molar-refractivity contribution in [2.24, 2.45) is 0 Å². The van der Waals surface area contributed by atoms with Crippen molar-refractivity contribution in [3.8, 4) is 11.1 Å². The van der Waals surface area contributed by atoms with Crippen LogP contribution >= 0.6 is 0 Å². The fourth-order valence-corrected chi connectivity index (χ4v) is 3.41. The smallest absolute Gasteiger partial charge is 0.323 e. The molecular formula is C23H19N3O3. The molecule has 0 unspecified atom stereocenters. The molecule has 0 spiro atoms. The number of anilines is 2. The molecule has 6 nitrogen and oxygen atoms in total. The van der Waals surface area contributed by atoms with Crippen molar-refractivity contribution < 1.29 is 14.4 Å². The van der Waals surface area contributed by atoms with Crippen molar-refractivity contribution in [1.82, 2.24) is 5.32 Å². The van der Waals surface area contributed by atoms with Gasteiger partial charge in [0.05, 0.1) is 11.3 Å². The van der Waals surface area contributed by atoms with E-state index in [1.165, 1.54) is 6.92 Å². The molecule has 0 saturated heterocycles. The Hall–Kier alpha value is -3.93. The normalized spacial score (nSPS) is 12.1. The van der Waals surface area contributed by atoms with Gasteiger partial charge >= 0.3 is 6.03 Å². The van der Waals surface area contributed by atoms with Crippen molar-refractivity contribution in [3.05, 3.63) is 83.4 Å². The molecule has 3 N–H and O–H groups in total. The third-order valence-electron chi connectivity index (χ3n) is 4.85. The standard InChI is InChI=1S/C23H19N3O3/c1-14(27)15-7-9-17(10-8-15)25-23(29)26-20-12-11-18(16-5-3-2-4-6-16)19-13-24-22(28)21(19)20/h2-12H,13H2,1H3,(H,24,28)(H2,25,26,29). The fraction of sp³-hybridized carbons (Fsp3) is 0.0870. The Morgan fingerprint density at radius 2 is 1.62 bits per heavy atom. The van der Waals surface area contributed by atoms with E-state index in [1.54, 1.807) is 30.3 Å². The van der Waals surface area contributed by atoms with E-state index in [1.807, 2.05) is 36.4 Å². The number of urea groups is 1. The molecule has 0 fully saturated rings. The van der Waals surface area contributed by atoms with Gasteiger partial charge in [0.15, 0.2) is 5.78 Å². The summed E-state index contributed by atoms with van der Waals surface area (Å²) in [5.74, 6) is -0.250. The Labute approximate surface area is 167 Å². The summed E-state index contributed by atoms with van der Waals surface area (Å²) in [7, 11) is 0. The summed E-state index contributed by atoms with van der Waals surface area (Å²) in [5.41, 5.74) is 4.90. The van der Waals surface area contributed by atoms with Crippen LogP contribution in [0, 0.1) is 0 Å². The van der Waals surface area contributed by atoms with E-state index >= 15 is 0 Å². The maximum absolute atomic E-state index is 12.4. The van der Waals surface area contributed by atoms with Crippen LogP contribution in [0.25, 0.3) is 11.1 Å². The van der Waals surface area contributed by atoms with Gasteiger partial charge in [-0.15, -0.1) is 0 Å². The van der Waals surface area contributed by atoms with Crippen LogP contribution in [0.4, 0.5) is 16.2 Å². The molecular weight excluding hydrogens is 366 g/mol. The Bertz CT molecular complexity index is 1110. The number of hydrogen-bond donors (Lipinski definition) is 3. The number of nitrogens with one attached hydrogen (secondary N) is 3. The second kappa shape index (κ2) is 7.59. The van der Waals surface area contributed by atoms with E-state index in [2.05, 4.69) is 16.0 Å². The first-order valence-corrected chi connectivity index (χ1v) is 9.21. The van der Waals surface area contributed by atoms with Gasteiger partial charge in [-0.1, -0.05) is 36.4 Å². The lowest BCUT2D eigenvalue weighted by molar-refractivity contribution is 0.0965. The number of hydrogen-bond acceptors (Lipinski definition) is 3. The van der Waals surface area contributed by atoms with Crippen molar-refractivity contribution >= 4 is 29.1 Å². The SMILES string of the molecule is CC(=O)c1ccc(NC(=O)Nc2ccc(-c3ccccc3)c3c2C(=O)NC3)cc1. The molecule has 1 aliphatic heterocycles. The van der Waals surface area contributed by atoms with Gasteiger partial charge in [-0.2, -0.15) is 0 Å². The van der Waals surface area contributed by atoms with Crippen molar-refractivity contribution in [2.75, 3.05) is 10.6 Å². The van der Waals surface area contributed by atoms with Crippen LogP contribution in [0.1, 0.15) is 33.2 Å². The third-order valence-corrected chi connectivity index (χ3v) is 4.85. The third kappa shape index (κ3) is 3.73. The number of rotatable bonds is 4. The highest BCUT2D eigenvalue weighted by molar-refractivity contribution is 6.10. The summed E-state index contributed by atoms with van der Waals surface area (Å²) < 4.78 is 0. The average Bonchev–Trinajstić information content (AvgIpc) is 3.11. The number of benzene rings is 3. The number of ketones is 1. The van der Waals surface area contributed by atoms with Gasteiger partial charge in [-0.05, 0) is 53.9 Å². The number of carbonyl (C=O) groups is 3. The fourth-order valence-electron chi connectivity index (χ4n) is 3.41. The molecule has 29 heavy (non-hydrogen) atoms. The highest BCUT2D eigenvalue weighted by Gasteiger charge is 2.26. The number of carbonyl (C=O) groups excluding carboxylic acids is 3. The largest absolute Gasteiger partial charge is 0.348 e. The highest BCUT2D eigenvalue weighted by atomic mass is 16.2. The van der Waals surface area contributed by atoms with Crippen LogP contribution in [-0.2, 0) is 6.54 Å². The minimum atomic E-state index is -0.463. The molecule has 1 heterocycles. The summed E-state index contributed by atoms with van der Waals surface area (Å²) in [6.07, 6.45) is 0. The van der Waals surface area contributed by atoms with Gasteiger partial charge in [-0.3, -0.25) is 9.59 Å². The highest BCUT2D eigenvalue weighted by Crippen LogP contribution is 2.34. The quantitative estimate of drug-likeness (QED) is 0.580. The van der Waals surface area contributed by atoms with Gasteiger partial charge in [-0.25, -0.2) is 4.79 Å². The molecule has 3 aromatic rings. The van der Waals surface area contributed by atoms with Gasteiger partial charge < -0.3 is 16.0 Å². The average molecular weight is 385 g/mol. The maximum Gasteiger partial charge on any atom is 0.323 e. The lowest BCUT2D eigenvalue weighted by Gasteiger charge is -2.13. The van der Waals surface area contributed by atoms with Crippen molar-refractivity contribution in [2.45, 2.75) is 13.5 Å². The number of amides is 3. The molecule has 4 rings (SSSR count). The lowest BCUT2D eigenvalue weighted by Crippen LogP contribution is -2.21. The van der Waals surface area contributed by atoms with Crippen LogP contribution in [0.15, 0.2) is 66.7 Å². The Balaban J connectivity index is 1.57. The van der Waals surface area contributed by atoms with Crippen LogP contribution in [0.2, 0.25) is 0 Å². The van der Waals surface area contributed by atoms with E-state index in [0.29, 0.717) is 29.0 Å². The molecule has 0 saturated carbocycles. The summed E-state index contributed by atoms with van der Waals surface area (Å²) >= 11 is 0. The van der Waals surface area contributed by atoms with E-state index in [9.17, 15) is 14.4 Å². The molecule has 0 atom stereocenters. The summed E-state index contributed by atoms with van der Waals surface area (Å²) in [5, 5.41) is 8.31. The van der Waals surface area contributed by atoms with Gasteiger partial charge in [0.1, 0.15) is 0 Å². The Morgan fingerprint density at radius 3 is 2.31 bits per heavy atom. The summed E-state index contributed by atoms with van der Waals surface area (Å²) in [6.45, 7) is 1.90. The molecule has 0 aliphatic carbocycles. The zero-order chi connectivity index (χ0) is 20.4. The monoisotopic (exact) mass is 385 g/mol.